The second-order valence-corrected chi connectivity index (χ2v) is 12.8. The van der Waals surface area contributed by atoms with Crippen LogP contribution in [0.1, 0.15) is 25.3 Å². The van der Waals surface area contributed by atoms with Gasteiger partial charge in [0.15, 0.2) is 11.2 Å². The van der Waals surface area contributed by atoms with Gasteiger partial charge in [0.2, 0.25) is 5.95 Å². The summed E-state index contributed by atoms with van der Waals surface area (Å²) in [6.45, 7) is -1.17. The van der Waals surface area contributed by atoms with Gasteiger partial charge in [0.25, 0.3) is 11.1 Å². The van der Waals surface area contributed by atoms with Crippen LogP contribution in [0.2, 0.25) is 0 Å². The number of hydrogen-bond acceptors (Lipinski definition) is 14. The molecule has 1 aromatic carbocycles. The van der Waals surface area contributed by atoms with E-state index < -0.39 is 74.7 Å². The molecule has 0 bridgehead atoms. The first-order chi connectivity index (χ1) is 21.5. The molecule has 0 amide bonds. The molecule has 0 aliphatic carbocycles. The number of aliphatic hydroxyl groups is 2. The first kappa shape index (κ1) is 31.3. The number of phosphoric acid groups is 1. The minimum Gasteiger partial charge on any atom is -0.394 e. The highest BCUT2D eigenvalue weighted by Crippen LogP contribution is 2.49. The van der Waals surface area contributed by atoms with Crippen molar-refractivity contribution < 1.29 is 38.2 Å². The number of aromatic nitrogens is 6. The third kappa shape index (κ3) is 6.67. The van der Waals surface area contributed by atoms with E-state index >= 15 is 0 Å². The highest BCUT2D eigenvalue weighted by molar-refractivity contribution is 7.99. The summed E-state index contributed by atoms with van der Waals surface area (Å²) in [6.07, 6.45) is -3.90. The largest absolute Gasteiger partial charge is 0.472 e. The first-order valence-corrected chi connectivity index (χ1v) is 15.9. The molecule has 45 heavy (non-hydrogen) atoms. The smallest absolute Gasteiger partial charge is 0.394 e. The van der Waals surface area contributed by atoms with Crippen molar-refractivity contribution in [1.29, 1.82) is 0 Å². The van der Waals surface area contributed by atoms with E-state index in [9.17, 15) is 34.1 Å². The van der Waals surface area contributed by atoms with Crippen LogP contribution in [0.3, 0.4) is 0 Å². The molecule has 18 nitrogen and oxygen atoms in total. The number of H-pyrrole nitrogens is 2. The zero-order valence-electron chi connectivity index (χ0n) is 23.2. The second kappa shape index (κ2) is 12.6. The number of rotatable bonds is 10. The number of aromatic amines is 2. The fourth-order valence-electron chi connectivity index (χ4n) is 5.07. The van der Waals surface area contributed by atoms with Crippen molar-refractivity contribution in [2.75, 3.05) is 18.9 Å². The molecule has 6 rings (SSSR count). The van der Waals surface area contributed by atoms with E-state index in [4.69, 9.17) is 24.3 Å². The molecule has 2 saturated heterocycles. The Balaban J connectivity index is 1.10. The summed E-state index contributed by atoms with van der Waals surface area (Å²) in [6, 6.07) is 9.00. The number of fused-ring (bicyclic) bond motifs is 1. The second-order valence-electron chi connectivity index (χ2n) is 10.2. The fraction of sp³-hybridized carbons (Fsp3) is 0.400. The number of aliphatic hydroxyl groups excluding tert-OH is 2. The van der Waals surface area contributed by atoms with Crippen LogP contribution in [0.25, 0.3) is 11.2 Å². The molecule has 7 atom stereocenters. The maximum atomic E-state index is 12.9. The van der Waals surface area contributed by atoms with E-state index in [1.807, 2.05) is 6.07 Å². The summed E-state index contributed by atoms with van der Waals surface area (Å²) >= 11 is 1.13. The number of nitrogen functional groups attached to an aromatic ring is 1. The van der Waals surface area contributed by atoms with Gasteiger partial charge in [0, 0.05) is 23.9 Å². The Bertz CT molecular complexity index is 1920. The molecular formula is C25H28N7O11PS. The summed E-state index contributed by atoms with van der Waals surface area (Å²) in [7, 11) is -4.82. The van der Waals surface area contributed by atoms with Crippen molar-refractivity contribution in [3.8, 4) is 0 Å². The first-order valence-electron chi connectivity index (χ1n) is 13.6. The summed E-state index contributed by atoms with van der Waals surface area (Å²) in [4.78, 5) is 61.2. The highest BCUT2D eigenvalue weighted by Gasteiger charge is 2.43. The molecule has 0 radical (unpaired) electrons. The quantitative estimate of drug-likeness (QED) is 0.120. The van der Waals surface area contributed by atoms with E-state index in [0.717, 1.165) is 21.2 Å². The number of ether oxygens (including phenoxy) is 2. The number of imidazole rings is 1. The lowest BCUT2D eigenvalue weighted by Gasteiger charge is -2.21. The van der Waals surface area contributed by atoms with Crippen molar-refractivity contribution in [3.05, 3.63) is 74.0 Å². The number of benzene rings is 1. The van der Waals surface area contributed by atoms with Gasteiger partial charge in [-0.3, -0.25) is 37.7 Å². The Morgan fingerprint density at radius 1 is 1.07 bits per heavy atom. The molecule has 0 spiro atoms. The lowest BCUT2D eigenvalue weighted by molar-refractivity contribution is -0.0565. The van der Waals surface area contributed by atoms with Gasteiger partial charge in [-0.2, -0.15) is 4.98 Å². The number of phosphoric ester groups is 1. The van der Waals surface area contributed by atoms with E-state index in [2.05, 4.69) is 19.9 Å². The number of nitrogens with zero attached hydrogens (tertiary/aromatic N) is 4. The lowest BCUT2D eigenvalue weighted by Crippen LogP contribution is -2.33. The fourth-order valence-corrected chi connectivity index (χ4v) is 6.89. The Labute approximate surface area is 256 Å². The number of nitrogens with two attached hydrogens (primary N) is 1. The monoisotopic (exact) mass is 665 g/mol. The Morgan fingerprint density at radius 2 is 1.80 bits per heavy atom. The lowest BCUT2D eigenvalue weighted by atomic mass is 10.2. The van der Waals surface area contributed by atoms with Gasteiger partial charge >= 0.3 is 13.5 Å². The van der Waals surface area contributed by atoms with Gasteiger partial charge in [0.05, 0.1) is 30.5 Å². The van der Waals surface area contributed by atoms with Gasteiger partial charge in [-0.25, -0.2) is 14.3 Å². The molecule has 2 aliphatic heterocycles. The van der Waals surface area contributed by atoms with Crippen molar-refractivity contribution in [1.82, 2.24) is 29.1 Å². The molecule has 240 valence electrons. The van der Waals surface area contributed by atoms with Crippen LogP contribution in [0.4, 0.5) is 5.95 Å². The summed E-state index contributed by atoms with van der Waals surface area (Å²) in [5.41, 5.74) is 3.84. The van der Waals surface area contributed by atoms with Crippen LogP contribution < -0.4 is 22.5 Å². The average Bonchev–Trinajstić information content (AvgIpc) is 3.70. The molecule has 2 aliphatic rings. The van der Waals surface area contributed by atoms with Crippen LogP contribution in [-0.2, 0) is 23.1 Å². The minimum absolute atomic E-state index is 0.0149. The van der Waals surface area contributed by atoms with Crippen LogP contribution >= 0.6 is 19.6 Å². The third-order valence-electron chi connectivity index (χ3n) is 7.21. The molecule has 5 heterocycles. The highest BCUT2D eigenvalue weighted by atomic mass is 32.2. The zero-order valence-corrected chi connectivity index (χ0v) is 24.9. The number of hydrogen-bond donors (Lipinski definition) is 6. The van der Waals surface area contributed by atoms with Crippen LogP contribution in [0.15, 0.2) is 67.0 Å². The molecule has 1 unspecified atom stereocenters. The van der Waals surface area contributed by atoms with Gasteiger partial charge in [0.1, 0.15) is 30.8 Å². The van der Waals surface area contributed by atoms with Gasteiger partial charge < -0.3 is 30.3 Å². The third-order valence-corrected chi connectivity index (χ3v) is 9.24. The van der Waals surface area contributed by atoms with Gasteiger partial charge in [-0.05, 0) is 12.1 Å². The maximum Gasteiger partial charge on any atom is 0.472 e. The van der Waals surface area contributed by atoms with E-state index in [0.29, 0.717) is 0 Å². The molecular weight excluding hydrogens is 637 g/mol. The molecule has 3 aromatic heterocycles. The van der Waals surface area contributed by atoms with Crippen LogP contribution in [0.5, 0.6) is 0 Å². The molecule has 2 fully saturated rings. The van der Waals surface area contributed by atoms with Crippen molar-refractivity contribution in [3.63, 3.8) is 0 Å². The summed E-state index contributed by atoms with van der Waals surface area (Å²) in [5.74, 6) is -0.137. The van der Waals surface area contributed by atoms with E-state index in [1.165, 1.54) is 17.1 Å². The van der Waals surface area contributed by atoms with Gasteiger partial charge in [-0.15, -0.1) is 0 Å². The molecule has 7 N–H and O–H groups in total. The molecule has 20 heteroatoms. The average molecular weight is 666 g/mol. The predicted molar refractivity (Wildman–Crippen MR) is 155 cm³/mol. The number of anilines is 1. The predicted octanol–water partition coefficient (Wildman–Crippen LogP) is -0.166. The number of nitrogens with one attached hydrogen (secondary N) is 2. The minimum atomic E-state index is -4.82. The molecule has 0 saturated carbocycles. The Morgan fingerprint density at radius 3 is 2.56 bits per heavy atom. The summed E-state index contributed by atoms with van der Waals surface area (Å²) in [5, 5.41) is 20.4. The van der Waals surface area contributed by atoms with Crippen molar-refractivity contribution in [2.45, 2.75) is 59.5 Å². The van der Waals surface area contributed by atoms with Crippen molar-refractivity contribution >= 4 is 36.7 Å². The normalized spacial score (nSPS) is 26.4. The van der Waals surface area contributed by atoms with E-state index in [-0.39, 0.29) is 34.8 Å². The zero-order chi connectivity index (χ0) is 31.9. The SMILES string of the molecule is Nc1nc2c(ncn2[C@H]2C[C@H](O)[C@@H](COP(=O)(O)O[C@H]3C[C@H](n4cc(Sc5ccccc5)c(=O)[nH]c4=O)O[C@@H]3CO)O2)c(=O)[nH]1. The van der Waals surface area contributed by atoms with E-state index in [1.54, 1.807) is 24.3 Å². The maximum absolute atomic E-state index is 12.9. The Hall–Kier alpha value is -3.65. The summed E-state index contributed by atoms with van der Waals surface area (Å²) < 4.78 is 37.4. The Kier molecular flexibility index (Phi) is 8.79. The van der Waals surface area contributed by atoms with Gasteiger partial charge in [-0.1, -0.05) is 30.0 Å². The topological polar surface area (TPSA) is 259 Å². The van der Waals surface area contributed by atoms with Crippen LogP contribution in [0, 0.1) is 0 Å². The standard InChI is InChI=1S/C25H28N7O11PS/c26-24-28-21-20(23(36)29-24)27-11-32(21)18-6-13(34)16(42-18)10-40-44(38,39)43-14-7-19(41-15(14)9-33)31-8-17(22(35)30-25(31)37)45-12-4-2-1-3-5-12/h1-5,8,11,13-16,18-19,33-34H,6-7,9-10H2,(H,38,39)(H,30,35,37)(H3,26,28,29,36)/t13-,14-,15+,16+,18+,19+/m0/s1. The molecule has 4 aromatic rings. The van der Waals surface area contributed by atoms with Crippen LogP contribution in [-0.4, -0.2) is 81.8 Å². The van der Waals surface area contributed by atoms with Crippen molar-refractivity contribution in [2.24, 2.45) is 0 Å².